The summed E-state index contributed by atoms with van der Waals surface area (Å²) in [6.45, 7) is 3.49. The van der Waals surface area contributed by atoms with Gasteiger partial charge in [-0.3, -0.25) is 14.3 Å². The van der Waals surface area contributed by atoms with Crippen LogP contribution in [0.5, 0.6) is 0 Å². The summed E-state index contributed by atoms with van der Waals surface area (Å²) >= 11 is 0. The van der Waals surface area contributed by atoms with Crippen LogP contribution < -0.4 is 5.56 Å². The summed E-state index contributed by atoms with van der Waals surface area (Å²) in [6.07, 6.45) is 8.18. The van der Waals surface area contributed by atoms with Crippen molar-refractivity contribution in [3.8, 4) is 22.8 Å². The Hall–Kier alpha value is -3.52. The first-order chi connectivity index (χ1) is 13.6. The van der Waals surface area contributed by atoms with Crippen LogP contribution in [0.1, 0.15) is 18.5 Å². The van der Waals surface area contributed by atoms with E-state index in [4.69, 9.17) is 0 Å². The van der Waals surface area contributed by atoms with E-state index in [0.29, 0.717) is 28.1 Å². The number of aryl methyl sites for hydroxylation is 1. The van der Waals surface area contributed by atoms with Crippen molar-refractivity contribution in [3.05, 3.63) is 65.2 Å². The molecule has 0 aromatic carbocycles. The van der Waals surface area contributed by atoms with E-state index < -0.39 is 6.04 Å². The Kier molecular flexibility index (Phi) is 4.62. The number of aliphatic hydroxyl groups excluding tert-OH is 1. The molecule has 8 nitrogen and oxygen atoms in total. The van der Waals surface area contributed by atoms with Crippen LogP contribution in [0.3, 0.4) is 0 Å². The number of hydrogen-bond donors (Lipinski definition) is 1. The van der Waals surface area contributed by atoms with Gasteiger partial charge in [-0.25, -0.2) is 19.9 Å². The Morgan fingerprint density at radius 3 is 2.64 bits per heavy atom. The average Bonchev–Trinajstić information content (AvgIpc) is 2.74. The molecule has 0 radical (unpaired) electrons. The van der Waals surface area contributed by atoms with E-state index in [-0.39, 0.29) is 12.2 Å². The van der Waals surface area contributed by atoms with Crippen LogP contribution in [-0.2, 0) is 0 Å². The van der Waals surface area contributed by atoms with Crippen LogP contribution in [0, 0.1) is 6.92 Å². The van der Waals surface area contributed by atoms with Gasteiger partial charge in [-0.15, -0.1) is 0 Å². The molecule has 0 aliphatic carbocycles. The molecule has 1 unspecified atom stereocenters. The van der Waals surface area contributed by atoms with Gasteiger partial charge in [0.2, 0.25) is 0 Å². The minimum Gasteiger partial charge on any atom is -0.394 e. The molecule has 0 fully saturated rings. The first kappa shape index (κ1) is 17.9. The lowest BCUT2D eigenvalue weighted by Crippen LogP contribution is -2.26. The van der Waals surface area contributed by atoms with Gasteiger partial charge in [-0.2, -0.15) is 0 Å². The molecule has 8 heteroatoms. The van der Waals surface area contributed by atoms with Crippen LogP contribution in [0.25, 0.3) is 33.7 Å². The number of aromatic nitrogens is 6. The van der Waals surface area contributed by atoms with E-state index in [0.717, 1.165) is 11.1 Å². The molecule has 0 spiro atoms. The summed E-state index contributed by atoms with van der Waals surface area (Å²) in [5, 5.41) is 9.83. The van der Waals surface area contributed by atoms with Crippen molar-refractivity contribution in [1.29, 1.82) is 0 Å². The molecule has 4 rings (SSSR count). The third-order valence-electron chi connectivity index (χ3n) is 4.45. The Balaban J connectivity index is 2.04. The molecule has 0 aliphatic heterocycles. The summed E-state index contributed by atoms with van der Waals surface area (Å²) in [6, 6.07) is 4.92. The van der Waals surface area contributed by atoms with Crippen molar-refractivity contribution in [2.45, 2.75) is 19.9 Å². The highest BCUT2D eigenvalue weighted by Crippen LogP contribution is 2.27. The highest BCUT2D eigenvalue weighted by Gasteiger charge is 2.17. The van der Waals surface area contributed by atoms with Crippen molar-refractivity contribution in [3.63, 3.8) is 0 Å². The molecule has 0 bridgehead atoms. The van der Waals surface area contributed by atoms with Gasteiger partial charge in [0.05, 0.1) is 30.1 Å². The first-order valence-electron chi connectivity index (χ1n) is 8.80. The fourth-order valence-corrected chi connectivity index (χ4v) is 2.89. The molecule has 0 saturated carbocycles. The van der Waals surface area contributed by atoms with Crippen molar-refractivity contribution >= 4 is 10.9 Å². The van der Waals surface area contributed by atoms with Gasteiger partial charge in [0.1, 0.15) is 11.2 Å². The molecule has 4 heterocycles. The van der Waals surface area contributed by atoms with Crippen LogP contribution in [0.15, 0.2) is 54.1 Å². The fourth-order valence-electron chi connectivity index (χ4n) is 2.89. The molecule has 0 saturated heterocycles. The second-order valence-corrected chi connectivity index (χ2v) is 6.57. The molecule has 140 valence electrons. The van der Waals surface area contributed by atoms with Gasteiger partial charge in [0.25, 0.3) is 5.56 Å². The molecular weight excluding hydrogens is 356 g/mol. The van der Waals surface area contributed by atoms with E-state index in [1.807, 2.05) is 13.0 Å². The van der Waals surface area contributed by atoms with Crippen LogP contribution in [0.4, 0.5) is 0 Å². The number of aliphatic hydroxyl groups is 1. The fraction of sp³-hybridized carbons (Fsp3) is 0.200. The minimum atomic E-state index is -0.390. The van der Waals surface area contributed by atoms with E-state index in [1.54, 1.807) is 43.8 Å². The van der Waals surface area contributed by atoms with Crippen LogP contribution in [-0.4, -0.2) is 41.2 Å². The highest BCUT2D eigenvalue weighted by molar-refractivity contribution is 5.92. The zero-order chi connectivity index (χ0) is 19.7. The zero-order valence-electron chi connectivity index (χ0n) is 15.4. The average molecular weight is 374 g/mol. The van der Waals surface area contributed by atoms with Gasteiger partial charge < -0.3 is 5.11 Å². The maximum Gasteiger partial charge on any atom is 0.261 e. The summed E-state index contributed by atoms with van der Waals surface area (Å²) < 4.78 is 1.41. The Morgan fingerprint density at radius 2 is 1.96 bits per heavy atom. The molecule has 0 aliphatic rings. The van der Waals surface area contributed by atoms with Crippen molar-refractivity contribution in [1.82, 2.24) is 29.5 Å². The molecular formula is C20H18N6O2. The number of pyridine rings is 2. The number of nitrogens with zero attached hydrogens (tertiary/aromatic N) is 6. The number of hydrogen-bond acceptors (Lipinski definition) is 7. The van der Waals surface area contributed by atoms with Gasteiger partial charge in [-0.05, 0) is 37.6 Å². The van der Waals surface area contributed by atoms with Crippen molar-refractivity contribution in [2.75, 3.05) is 6.61 Å². The lowest BCUT2D eigenvalue weighted by molar-refractivity contribution is 0.236. The molecule has 4 aromatic rings. The van der Waals surface area contributed by atoms with E-state index in [2.05, 4.69) is 24.9 Å². The van der Waals surface area contributed by atoms with Crippen LogP contribution in [0.2, 0.25) is 0 Å². The van der Waals surface area contributed by atoms with E-state index >= 15 is 0 Å². The summed E-state index contributed by atoms with van der Waals surface area (Å²) in [5.41, 5.74) is 2.88. The van der Waals surface area contributed by atoms with Crippen molar-refractivity contribution in [2.24, 2.45) is 0 Å². The summed E-state index contributed by atoms with van der Waals surface area (Å²) in [4.78, 5) is 35.0. The number of rotatable bonds is 4. The summed E-state index contributed by atoms with van der Waals surface area (Å²) in [7, 11) is 0. The smallest absolute Gasteiger partial charge is 0.261 e. The maximum absolute atomic E-state index is 13.1. The minimum absolute atomic E-state index is 0.165. The Morgan fingerprint density at radius 1 is 1.18 bits per heavy atom. The third kappa shape index (κ3) is 3.14. The molecule has 4 aromatic heterocycles. The SMILES string of the molecule is Cc1cnc(-c2cc3c(=O)n(C(C)CO)cnc3c(-c3cccnc3)n2)nc1. The van der Waals surface area contributed by atoms with Gasteiger partial charge >= 0.3 is 0 Å². The Bertz CT molecular complexity index is 1190. The van der Waals surface area contributed by atoms with Gasteiger partial charge in [0, 0.05) is 30.4 Å². The van der Waals surface area contributed by atoms with Crippen molar-refractivity contribution < 1.29 is 5.11 Å². The predicted molar refractivity (Wildman–Crippen MR) is 105 cm³/mol. The summed E-state index contributed by atoms with van der Waals surface area (Å²) in [5.74, 6) is 0.419. The maximum atomic E-state index is 13.1. The topological polar surface area (TPSA) is 107 Å². The number of fused-ring (bicyclic) bond motifs is 1. The monoisotopic (exact) mass is 374 g/mol. The van der Waals surface area contributed by atoms with E-state index in [1.165, 1.54) is 10.9 Å². The van der Waals surface area contributed by atoms with Gasteiger partial charge in [0.15, 0.2) is 5.82 Å². The standard InChI is InChI=1S/C20H18N6O2/c1-12-7-22-19(23-8-12)16-6-15-18(17(25-16)14-4-3-5-21-9-14)24-11-26(20(15)28)13(2)10-27/h3-9,11,13,27H,10H2,1-2H3. The normalized spacial score (nSPS) is 12.2. The predicted octanol–water partition coefficient (Wildman–Crippen LogP) is 2.17. The van der Waals surface area contributed by atoms with Crippen LogP contribution >= 0.6 is 0 Å². The largest absolute Gasteiger partial charge is 0.394 e. The second kappa shape index (κ2) is 7.24. The Labute approximate surface area is 160 Å². The molecule has 1 N–H and O–H groups in total. The second-order valence-electron chi connectivity index (χ2n) is 6.57. The third-order valence-corrected chi connectivity index (χ3v) is 4.45. The van der Waals surface area contributed by atoms with E-state index in [9.17, 15) is 9.90 Å². The molecule has 28 heavy (non-hydrogen) atoms. The van der Waals surface area contributed by atoms with Gasteiger partial charge in [-0.1, -0.05) is 0 Å². The molecule has 0 amide bonds. The molecule has 1 atom stereocenters. The first-order valence-corrected chi connectivity index (χ1v) is 8.80. The zero-order valence-corrected chi connectivity index (χ0v) is 15.4. The highest BCUT2D eigenvalue weighted by atomic mass is 16.3. The quantitative estimate of drug-likeness (QED) is 0.583. The lowest BCUT2D eigenvalue weighted by Gasteiger charge is -2.14. The lowest BCUT2D eigenvalue weighted by atomic mass is 10.1.